The van der Waals surface area contributed by atoms with E-state index in [4.69, 9.17) is 15.0 Å². The van der Waals surface area contributed by atoms with E-state index in [0.717, 1.165) is 0 Å². The van der Waals surface area contributed by atoms with Gasteiger partial charge in [-0.1, -0.05) is 12.2 Å². The molecule has 1 fully saturated rings. The van der Waals surface area contributed by atoms with Crippen molar-refractivity contribution in [2.45, 2.75) is 24.5 Å². The van der Waals surface area contributed by atoms with Crippen LogP contribution in [-0.2, 0) is 21.1 Å². The molecule has 13 heteroatoms. The Balaban J connectivity index is 1.85. The summed E-state index contributed by atoms with van der Waals surface area (Å²) in [5.74, 6) is 0.192. The summed E-state index contributed by atoms with van der Waals surface area (Å²) in [6.07, 6.45) is -1.70. The number of nitrogens with zero attached hydrogens (tertiary/aromatic N) is 4. The first kappa shape index (κ1) is 17.0. The molecule has 3 heterocycles. The van der Waals surface area contributed by atoms with Gasteiger partial charge in [-0.3, -0.25) is 4.57 Å². The van der Waals surface area contributed by atoms with Crippen LogP contribution in [0.25, 0.3) is 11.2 Å². The minimum absolute atomic E-state index is 0.192. The van der Waals surface area contributed by atoms with Gasteiger partial charge in [0.05, 0.1) is 12.9 Å². The first-order chi connectivity index (χ1) is 10.8. The number of hydrogen-bond donors (Lipinski definition) is 5. The molecule has 2 aromatic heterocycles. The second-order valence-electron chi connectivity index (χ2n) is 4.92. The van der Waals surface area contributed by atoms with Crippen molar-refractivity contribution in [2.24, 2.45) is 0 Å². The van der Waals surface area contributed by atoms with Crippen LogP contribution in [0.3, 0.4) is 0 Å². The fourth-order valence-electron chi connectivity index (χ4n) is 2.32. The first-order valence-electron chi connectivity index (χ1n) is 6.42. The predicted octanol–water partition coefficient (Wildman–Crippen LogP) is -0.809. The van der Waals surface area contributed by atoms with Crippen molar-refractivity contribution < 1.29 is 24.4 Å². The number of nitrogens with two attached hydrogens (primary N) is 1. The van der Waals surface area contributed by atoms with E-state index in [0.29, 0.717) is 11.2 Å². The summed E-state index contributed by atoms with van der Waals surface area (Å²) in [6, 6.07) is 0. The third kappa shape index (κ3) is 3.35. The highest BCUT2D eigenvalue weighted by Gasteiger charge is 2.44. The Hall–Kier alpha value is -0.850. The normalized spacial score (nSPS) is 30.6. The minimum Gasteiger partial charge on any atom is -0.387 e. The summed E-state index contributed by atoms with van der Waals surface area (Å²) in [5, 5.41) is 20.3. The van der Waals surface area contributed by atoms with Crippen LogP contribution in [0.1, 0.15) is 6.23 Å². The molecule has 0 aliphatic carbocycles. The van der Waals surface area contributed by atoms with Gasteiger partial charge in [-0.2, -0.15) is 0 Å². The summed E-state index contributed by atoms with van der Waals surface area (Å²) in [7, 11) is 0. The molecule has 5 unspecified atom stereocenters. The van der Waals surface area contributed by atoms with Crippen molar-refractivity contribution in [3.05, 3.63) is 12.7 Å². The molecule has 10 nitrogen and oxygen atoms in total. The highest BCUT2D eigenvalue weighted by molar-refractivity contribution is 8.59. The van der Waals surface area contributed by atoms with E-state index < -0.39 is 30.2 Å². The van der Waals surface area contributed by atoms with Crippen molar-refractivity contribution in [2.75, 3.05) is 12.3 Å². The molecule has 0 bridgehead atoms. The van der Waals surface area contributed by atoms with Crippen molar-refractivity contribution >= 4 is 46.7 Å². The number of anilines is 1. The van der Waals surface area contributed by atoms with Crippen LogP contribution in [0.5, 0.6) is 0 Å². The maximum Gasteiger partial charge on any atom is 0.241 e. The Kier molecular flexibility index (Phi) is 4.60. The highest BCUT2D eigenvalue weighted by atomic mass is 32.9. The van der Waals surface area contributed by atoms with Crippen LogP contribution in [0, 0.1) is 0 Å². The van der Waals surface area contributed by atoms with E-state index >= 15 is 0 Å². The van der Waals surface area contributed by atoms with Gasteiger partial charge < -0.3 is 30.1 Å². The minimum atomic E-state index is -3.19. The lowest BCUT2D eigenvalue weighted by atomic mass is 10.1. The zero-order chi connectivity index (χ0) is 16.8. The van der Waals surface area contributed by atoms with Gasteiger partial charge in [0, 0.05) is 0 Å². The molecule has 2 aromatic rings. The van der Waals surface area contributed by atoms with Gasteiger partial charge in [0.15, 0.2) is 17.7 Å². The van der Waals surface area contributed by atoms with E-state index in [1.54, 1.807) is 0 Å². The monoisotopic (exact) mass is 379 g/mol. The lowest BCUT2D eigenvalue weighted by Gasteiger charge is -2.17. The summed E-state index contributed by atoms with van der Waals surface area (Å²) in [4.78, 5) is 21.3. The lowest BCUT2D eigenvalue weighted by molar-refractivity contribution is -0.0469. The maximum atomic E-state index is 10.2. The number of aliphatic hydroxyl groups excluding tert-OH is 2. The van der Waals surface area contributed by atoms with Crippen molar-refractivity contribution in [3.8, 4) is 0 Å². The number of aromatic nitrogens is 4. The number of thiol groups is 1. The SMILES string of the molecule is Nc1ncnc2c1ncn2C1OC(COP(O)(=S)S)C(O)C1O. The lowest BCUT2D eigenvalue weighted by Crippen LogP contribution is -2.33. The molecule has 1 aliphatic heterocycles. The summed E-state index contributed by atoms with van der Waals surface area (Å²) < 4.78 is 12.0. The molecule has 0 aromatic carbocycles. The summed E-state index contributed by atoms with van der Waals surface area (Å²) >= 11 is 8.37. The number of rotatable bonds is 4. The Morgan fingerprint density at radius 2 is 2.13 bits per heavy atom. The van der Waals surface area contributed by atoms with E-state index in [-0.39, 0.29) is 12.4 Å². The number of hydrogen-bond acceptors (Lipinski definition) is 9. The molecular weight excluding hydrogens is 365 g/mol. The van der Waals surface area contributed by atoms with Gasteiger partial charge in [0.25, 0.3) is 0 Å². The van der Waals surface area contributed by atoms with Crippen LogP contribution in [0.2, 0.25) is 0 Å². The topological polar surface area (TPSA) is 149 Å². The number of imidazole rings is 1. The van der Waals surface area contributed by atoms with Gasteiger partial charge in [-0.05, 0) is 11.8 Å². The van der Waals surface area contributed by atoms with Gasteiger partial charge in [-0.15, -0.1) is 0 Å². The zero-order valence-corrected chi connectivity index (χ0v) is 14.1. The van der Waals surface area contributed by atoms with E-state index in [1.165, 1.54) is 17.2 Å². The fourth-order valence-corrected chi connectivity index (χ4v) is 3.05. The number of aliphatic hydroxyl groups is 2. The Labute approximate surface area is 140 Å². The third-order valence-electron chi connectivity index (χ3n) is 3.41. The number of nitrogen functional groups attached to an aromatic ring is 1. The highest BCUT2D eigenvalue weighted by Crippen LogP contribution is 2.48. The number of ether oxygens (including phenoxy) is 1. The molecule has 5 N–H and O–H groups in total. The van der Waals surface area contributed by atoms with Crippen LogP contribution in [0.15, 0.2) is 12.7 Å². The van der Waals surface area contributed by atoms with Crippen molar-refractivity contribution in [1.29, 1.82) is 0 Å². The molecule has 23 heavy (non-hydrogen) atoms. The van der Waals surface area contributed by atoms with Crippen LogP contribution >= 0.6 is 17.9 Å². The van der Waals surface area contributed by atoms with E-state index in [1.807, 2.05) is 0 Å². The molecule has 5 atom stereocenters. The van der Waals surface area contributed by atoms with Gasteiger partial charge in [-0.25, -0.2) is 15.0 Å². The van der Waals surface area contributed by atoms with Gasteiger partial charge >= 0.3 is 0 Å². The van der Waals surface area contributed by atoms with Crippen molar-refractivity contribution in [3.63, 3.8) is 0 Å². The standard InChI is InChI=1S/C10H14N5O5PS2/c11-8-5-9(13-2-12-8)15(3-14-5)10-7(17)6(16)4(20-10)1-19-21(18,22)23/h2-4,6-7,10,16-17H,1H2,(H2,11,12,13)(H2,18,22,23). The Morgan fingerprint density at radius 3 is 2.83 bits per heavy atom. The number of fused-ring (bicyclic) bond motifs is 1. The smallest absolute Gasteiger partial charge is 0.241 e. The van der Waals surface area contributed by atoms with Crippen LogP contribution in [0.4, 0.5) is 5.82 Å². The van der Waals surface area contributed by atoms with Crippen molar-refractivity contribution in [1.82, 2.24) is 19.5 Å². The van der Waals surface area contributed by atoms with Crippen LogP contribution in [-0.4, -0.2) is 59.5 Å². The molecule has 0 saturated carbocycles. The Bertz CT molecular complexity index is 769. The largest absolute Gasteiger partial charge is 0.387 e. The molecule has 1 aliphatic rings. The van der Waals surface area contributed by atoms with E-state index in [2.05, 4.69) is 39.0 Å². The fraction of sp³-hybridized carbons (Fsp3) is 0.500. The van der Waals surface area contributed by atoms with E-state index in [9.17, 15) is 15.1 Å². The molecule has 3 rings (SSSR count). The average molecular weight is 379 g/mol. The predicted molar refractivity (Wildman–Crippen MR) is 87.1 cm³/mol. The quantitative estimate of drug-likeness (QED) is 0.337. The van der Waals surface area contributed by atoms with Gasteiger partial charge in [0.2, 0.25) is 5.69 Å². The molecule has 0 spiro atoms. The first-order valence-corrected chi connectivity index (χ1v) is 10.2. The summed E-state index contributed by atoms with van der Waals surface area (Å²) in [6.45, 7) is -0.213. The second kappa shape index (κ2) is 6.22. The Morgan fingerprint density at radius 1 is 1.39 bits per heavy atom. The average Bonchev–Trinajstić information content (AvgIpc) is 3.01. The summed E-state index contributed by atoms with van der Waals surface area (Å²) in [5.41, 5.74) is 3.24. The van der Waals surface area contributed by atoms with Crippen LogP contribution < -0.4 is 5.73 Å². The van der Waals surface area contributed by atoms with Gasteiger partial charge in [0.1, 0.15) is 30.2 Å². The molecule has 0 radical (unpaired) electrons. The third-order valence-corrected chi connectivity index (χ3v) is 4.55. The maximum absolute atomic E-state index is 10.2. The second-order valence-corrected chi connectivity index (χ2v) is 10.1. The molecule has 126 valence electrons. The zero-order valence-electron chi connectivity index (χ0n) is 11.5. The molecule has 1 saturated heterocycles. The molecule has 0 amide bonds. The molecular formula is C10H14N5O5PS2.